The van der Waals surface area contributed by atoms with Gasteiger partial charge in [-0.3, -0.25) is 9.59 Å². The number of carbonyl (C=O) groups excluding carboxylic acids is 2. The lowest BCUT2D eigenvalue weighted by atomic mass is 9.94. The third-order valence-electron chi connectivity index (χ3n) is 5.30. The van der Waals surface area contributed by atoms with E-state index >= 15 is 0 Å². The van der Waals surface area contributed by atoms with Crippen molar-refractivity contribution in [2.45, 2.75) is 12.8 Å². The number of amides is 2. The second kappa shape index (κ2) is 8.03. The molecular weight excluding hydrogens is 372 g/mol. The molecule has 0 atom stereocenters. The van der Waals surface area contributed by atoms with Crippen LogP contribution in [0.15, 0.2) is 66.7 Å². The number of nitrogens with zero attached hydrogens (tertiary/aromatic N) is 1. The van der Waals surface area contributed by atoms with Gasteiger partial charge in [0, 0.05) is 24.6 Å². The first-order chi connectivity index (χ1) is 13.6. The van der Waals surface area contributed by atoms with E-state index in [0.717, 1.165) is 16.3 Å². The molecule has 1 N–H and O–H groups in total. The van der Waals surface area contributed by atoms with Crippen LogP contribution in [0.3, 0.4) is 0 Å². The van der Waals surface area contributed by atoms with Crippen molar-refractivity contribution in [2.75, 3.05) is 18.4 Å². The van der Waals surface area contributed by atoms with Crippen LogP contribution in [0.5, 0.6) is 0 Å². The van der Waals surface area contributed by atoms with Crippen LogP contribution in [0.1, 0.15) is 23.2 Å². The molecule has 0 aliphatic carbocycles. The van der Waals surface area contributed by atoms with Gasteiger partial charge in [-0.15, -0.1) is 0 Å². The van der Waals surface area contributed by atoms with Crippen molar-refractivity contribution < 1.29 is 9.59 Å². The summed E-state index contributed by atoms with van der Waals surface area (Å²) in [6.45, 7) is 1.14. The minimum atomic E-state index is -0.118. The summed E-state index contributed by atoms with van der Waals surface area (Å²) < 4.78 is 0. The molecule has 1 aliphatic rings. The average Bonchev–Trinajstić information content (AvgIpc) is 2.74. The minimum absolute atomic E-state index is 0.0294. The fourth-order valence-electron chi connectivity index (χ4n) is 3.72. The lowest BCUT2D eigenvalue weighted by Gasteiger charge is -2.31. The van der Waals surface area contributed by atoms with Crippen LogP contribution in [0, 0.1) is 5.92 Å². The van der Waals surface area contributed by atoms with E-state index in [-0.39, 0.29) is 17.7 Å². The fourth-order valence-corrected chi connectivity index (χ4v) is 3.91. The zero-order valence-electron chi connectivity index (χ0n) is 15.4. The van der Waals surface area contributed by atoms with Crippen LogP contribution in [0.25, 0.3) is 10.8 Å². The van der Waals surface area contributed by atoms with E-state index < -0.39 is 0 Å². The van der Waals surface area contributed by atoms with Gasteiger partial charge in [-0.25, -0.2) is 0 Å². The predicted octanol–water partition coefficient (Wildman–Crippen LogP) is 4.98. The van der Waals surface area contributed by atoms with E-state index in [1.54, 1.807) is 12.1 Å². The largest absolute Gasteiger partial charge is 0.339 e. The summed E-state index contributed by atoms with van der Waals surface area (Å²) in [5.41, 5.74) is 1.35. The Hall–Kier alpha value is -2.85. The Morgan fingerprint density at radius 1 is 0.893 bits per heavy atom. The summed E-state index contributed by atoms with van der Waals surface area (Å²) in [7, 11) is 0. The zero-order chi connectivity index (χ0) is 19.5. The molecule has 142 valence electrons. The van der Waals surface area contributed by atoms with E-state index in [9.17, 15) is 9.59 Å². The summed E-state index contributed by atoms with van der Waals surface area (Å²) in [5, 5.41) is 5.46. The molecule has 0 radical (unpaired) electrons. The molecule has 4 rings (SSSR count). The van der Waals surface area contributed by atoms with Crippen LogP contribution in [-0.4, -0.2) is 29.8 Å². The zero-order valence-corrected chi connectivity index (χ0v) is 16.2. The standard InChI is InChI=1S/C23H21ClN2O2/c24-20-10-3-4-11-21(20)25-22(27)17-12-14-26(15-13-17)23(28)19-9-5-7-16-6-1-2-8-18(16)19/h1-11,17H,12-15H2,(H,25,27). The second-order valence-corrected chi connectivity index (χ2v) is 7.47. The summed E-state index contributed by atoms with van der Waals surface area (Å²) >= 11 is 6.12. The number of benzene rings is 3. The third-order valence-corrected chi connectivity index (χ3v) is 5.63. The maximum atomic E-state index is 13.0. The van der Waals surface area contributed by atoms with Crippen molar-refractivity contribution in [3.05, 3.63) is 77.3 Å². The molecule has 1 heterocycles. The first-order valence-electron chi connectivity index (χ1n) is 9.46. The topological polar surface area (TPSA) is 49.4 Å². The quantitative estimate of drug-likeness (QED) is 0.683. The molecule has 3 aromatic rings. The SMILES string of the molecule is O=C(Nc1ccccc1Cl)C1CCN(C(=O)c2cccc3ccccc23)CC1. The maximum absolute atomic E-state index is 13.0. The van der Waals surface area contributed by atoms with Gasteiger partial charge >= 0.3 is 0 Å². The number of halogens is 1. The number of nitrogens with one attached hydrogen (secondary N) is 1. The van der Waals surface area contributed by atoms with Gasteiger partial charge in [0.15, 0.2) is 0 Å². The van der Waals surface area contributed by atoms with Crippen molar-refractivity contribution in [3.63, 3.8) is 0 Å². The number of anilines is 1. The molecule has 1 saturated heterocycles. The molecule has 0 bridgehead atoms. The molecule has 0 aromatic heterocycles. The van der Waals surface area contributed by atoms with Gasteiger partial charge in [0.25, 0.3) is 5.91 Å². The number of rotatable bonds is 3. The Morgan fingerprint density at radius 3 is 2.36 bits per heavy atom. The highest BCUT2D eigenvalue weighted by Crippen LogP contribution is 2.26. The molecule has 5 heteroatoms. The van der Waals surface area contributed by atoms with Crippen LogP contribution < -0.4 is 5.32 Å². The van der Waals surface area contributed by atoms with Gasteiger partial charge in [0.2, 0.25) is 5.91 Å². The van der Waals surface area contributed by atoms with Gasteiger partial charge < -0.3 is 10.2 Å². The van der Waals surface area contributed by atoms with Crippen LogP contribution >= 0.6 is 11.6 Å². The van der Waals surface area contributed by atoms with E-state index in [0.29, 0.717) is 36.6 Å². The molecule has 2 amide bonds. The number of para-hydroxylation sites is 1. The Kier molecular flexibility index (Phi) is 5.31. The van der Waals surface area contributed by atoms with Crippen molar-refractivity contribution in [1.82, 2.24) is 4.90 Å². The smallest absolute Gasteiger partial charge is 0.254 e. The second-order valence-electron chi connectivity index (χ2n) is 7.06. The van der Waals surface area contributed by atoms with Gasteiger partial charge in [-0.1, -0.05) is 60.1 Å². The first kappa shape index (κ1) is 18.5. The van der Waals surface area contributed by atoms with Crippen LogP contribution in [-0.2, 0) is 4.79 Å². The number of likely N-dealkylation sites (tertiary alicyclic amines) is 1. The molecular formula is C23H21ClN2O2. The molecule has 0 spiro atoms. The minimum Gasteiger partial charge on any atom is -0.339 e. The summed E-state index contributed by atoms with van der Waals surface area (Å²) in [6, 6.07) is 20.9. The van der Waals surface area contributed by atoms with Gasteiger partial charge in [-0.05, 0) is 41.8 Å². The Labute approximate surface area is 169 Å². The van der Waals surface area contributed by atoms with Crippen molar-refractivity contribution in [3.8, 4) is 0 Å². The molecule has 1 aliphatic heterocycles. The first-order valence-corrected chi connectivity index (χ1v) is 9.84. The van der Waals surface area contributed by atoms with Crippen molar-refractivity contribution in [1.29, 1.82) is 0 Å². The number of carbonyl (C=O) groups is 2. The fraction of sp³-hybridized carbons (Fsp3) is 0.217. The number of hydrogen-bond donors (Lipinski definition) is 1. The number of hydrogen-bond acceptors (Lipinski definition) is 2. The molecule has 4 nitrogen and oxygen atoms in total. The van der Waals surface area contributed by atoms with Crippen molar-refractivity contribution >= 4 is 39.9 Å². The van der Waals surface area contributed by atoms with Crippen LogP contribution in [0.2, 0.25) is 5.02 Å². The van der Waals surface area contributed by atoms with Gasteiger partial charge in [-0.2, -0.15) is 0 Å². The Bertz CT molecular complexity index is 1020. The molecule has 3 aromatic carbocycles. The highest BCUT2D eigenvalue weighted by Gasteiger charge is 2.28. The van der Waals surface area contributed by atoms with Gasteiger partial charge in [0.1, 0.15) is 0 Å². The lowest BCUT2D eigenvalue weighted by molar-refractivity contribution is -0.121. The average molecular weight is 393 g/mol. The molecule has 0 unspecified atom stereocenters. The number of piperidine rings is 1. The monoisotopic (exact) mass is 392 g/mol. The summed E-state index contributed by atoms with van der Waals surface area (Å²) in [4.78, 5) is 27.4. The maximum Gasteiger partial charge on any atom is 0.254 e. The lowest BCUT2D eigenvalue weighted by Crippen LogP contribution is -2.41. The van der Waals surface area contributed by atoms with E-state index in [4.69, 9.17) is 11.6 Å². The summed E-state index contributed by atoms with van der Waals surface area (Å²) in [5.74, 6) is -0.125. The van der Waals surface area contributed by atoms with E-state index in [1.807, 2.05) is 59.5 Å². The van der Waals surface area contributed by atoms with Gasteiger partial charge in [0.05, 0.1) is 10.7 Å². The highest BCUT2D eigenvalue weighted by atomic mass is 35.5. The Morgan fingerprint density at radius 2 is 1.57 bits per heavy atom. The van der Waals surface area contributed by atoms with Crippen LogP contribution in [0.4, 0.5) is 5.69 Å². The normalized spacial score (nSPS) is 14.8. The highest BCUT2D eigenvalue weighted by molar-refractivity contribution is 6.33. The molecule has 28 heavy (non-hydrogen) atoms. The number of fused-ring (bicyclic) bond motifs is 1. The van der Waals surface area contributed by atoms with E-state index in [2.05, 4.69) is 5.32 Å². The molecule has 1 fully saturated rings. The van der Waals surface area contributed by atoms with Crippen molar-refractivity contribution in [2.24, 2.45) is 5.92 Å². The predicted molar refractivity (Wildman–Crippen MR) is 113 cm³/mol. The Balaban J connectivity index is 1.42. The third kappa shape index (κ3) is 3.73. The molecule has 0 saturated carbocycles. The van der Waals surface area contributed by atoms with E-state index in [1.165, 1.54) is 0 Å². The summed E-state index contributed by atoms with van der Waals surface area (Å²) in [6.07, 6.45) is 1.29.